The van der Waals surface area contributed by atoms with Crippen LogP contribution in [0.25, 0.3) is 0 Å². The predicted molar refractivity (Wildman–Crippen MR) is 82.7 cm³/mol. The molecule has 0 saturated carbocycles. The summed E-state index contributed by atoms with van der Waals surface area (Å²) >= 11 is 1.82. The van der Waals surface area contributed by atoms with Crippen LogP contribution in [-0.2, 0) is 6.54 Å². The van der Waals surface area contributed by atoms with Crippen molar-refractivity contribution in [2.75, 3.05) is 13.7 Å². The summed E-state index contributed by atoms with van der Waals surface area (Å²) in [5.74, 6) is 1.76. The number of nitrogens with zero attached hydrogens (tertiary/aromatic N) is 1. The van der Waals surface area contributed by atoms with Gasteiger partial charge in [0, 0.05) is 17.0 Å². The molecule has 2 heterocycles. The number of fused-ring (bicyclic) bond motifs is 1. The predicted octanol–water partition coefficient (Wildman–Crippen LogP) is 3.51. The van der Waals surface area contributed by atoms with E-state index in [0.29, 0.717) is 18.4 Å². The van der Waals surface area contributed by atoms with Crippen LogP contribution in [0.3, 0.4) is 0 Å². The average molecular weight is 288 g/mol. The van der Waals surface area contributed by atoms with Crippen molar-refractivity contribution in [1.82, 2.24) is 10.3 Å². The van der Waals surface area contributed by atoms with Gasteiger partial charge in [-0.05, 0) is 19.0 Å². The summed E-state index contributed by atoms with van der Waals surface area (Å²) in [6, 6.07) is 8.29. The lowest BCUT2D eigenvalue weighted by molar-refractivity contribution is 0.342. The number of ether oxygens (including phenoxy) is 1. The van der Waals surface area contributed by atoms with Crippen LogP contribution in [0.2, 0.25) is 0 Å². The molecule has 106 valence electrons. The molecule has 2 aromatic rings. The highest BCUT2D eigenvalue weighted by atomic mass is 32.1. The largest absolute Gasteiger partial charge is 0.492 e. The molecule has 0 bridgehead atoms. The molecule has 3 rings (SSSR count). The third kappa shape index (κ3) is 2.34. The van der Waals surface area contributed by atoms with E-state index in [-0.39, 0.29) is 0 Å². The number of para-hydroxylation sites is 1. The topological polar surface area (TPSA) is 34.1 Å². The SMILES string of the molecule is CNCc1sc(C2COc3ccccc32)nc1C(C)C. The Kier molecular flexibility index (Phi) is 3.76. The average Bonchev–Trinajstić information content (AvgIpc) is 3.02. The minimum atomic E-state index is 0.291. The summed E-state index contributed by atoms with van der Waals surface area (Å²) in [5.41, 5.74) is 2.50. The first-order valence-electron chi connectivity index (χ1n) is 7.06. The van der Waals surface area contributed by atoms with Crippen LogP contribution < -0.4 is 10.1 Å². The van der Waals surface area contributed by atoms with Crippen LogP contribution in [0.15, 0.2) is 24.3 Å². The maximum absolute atomic E-state index is 5.79. The first kappa shape index (κ1) is 13.6. The van der Waals surface area contributed by atoms with Crippen molar-refractivity contribution in [3.8, 4) is 5.75 Å². The van der Waals surface area contributed by atoms with Gasteiger partial charge >= 0.3 is 0 Å². The molecule has 1 aliphatic heterocycles. The maximum Gasteiger partial charge on any atom is 0.123 e. The molecule has 0 radical (unpaired) electrons. The van der Waals surface area contributed by atoms with Crippen LogP contribution in [0.1, 0.15) is 46.8 Å². The normalized spacial score (nSPS) is 17.3. The summed E-state index contributed by atoms with van der Waals surface area (Å²) in [6.07, 6.45) is 0. The number of thiazole rings is 1. The van der Waals surface area contributed by atoms with Gasteiger partial charge in [0.15, 0.2) is 0 Å². The molecule has 1 aromatic heterocycles. The first-order chi connectivity index (χ1) is 9.70. The molecule has 1 unspecified atom stereocenters. The Hall–Kier alpha value is -1.39. The van der Waals surface area contributed by atoms with Gasteiger partial charge in [0.25, 0.3) is 0 Å². The van der Waals surface area contributed by atoms with Gasteiger partial charge in [-0.15, -0.1) is 11.3 Å². The molecule has 0 saturated heterocycles. The van der Waals surface area contributed by atoms with Gasteiger partial charge in [-0.25, -0.2) is 4.98 Å². The van der Waals surface area contributed by atoms with Gasteiger partial charge in [-0.2, -0.15) is 0 Å². The van der Waals surface area contributed by atoms with E-state index in [9.17, 15) is 0 Å². The fourth-order valence-electron chi connectivity index (χ4n) is 2.64. The van der Waals surface area contributed by atoms with Gasteiger partial charge in [0.2, 0.25) is 0 Å². The van der Waals surface area contributed by atoms with E-state index in [1.165, 1.54) is 21.1 Å². The first-order valence-corrected chi connectivity index (χ1v) is 7.88. The van der Waals surface area contributed by atoms with Crippen LogP contribution in [0.5, 0.6) is 5.75 Å². The number of hydrogen-bond donors (Lipinski definition) is 1. The van der Waals surface area contributed by atoms with Gasteiger partial charge in [-0.1, -0.05) is 32.0 Å². The zero-order valence-corrected chi connectivity index (χ0v) is 13.0. The summed E-state index contributed by atoms with van der Waals surface area (Å²) in [7, 11) is 1.98. The second-order valence-electron chi connectivity index (χ2n) is 5.45. The molecular formula is C16H20N2OS. The molecule has 0 aliphatic carbocycles. The lowest BCUT2D eigenvalue weighted by atomic mass is 10.0. The van der Waals surface area contributed by atoms with E-state index in [0.717, 1.165) is 12.3 Å². The van der Waals surface area contributed by atoms with Gasteiger partial charge in [0.1, 0.15) is 17.4 Å². The quantitative estimate of drug-likeness (QED) is 0.935. The zero-order valence-electron chi connectivity index (χ0n) is 12.1. The van der Waals surface area contributed by atoms with Crippen LogP contribution >= 0.6 is 11.3 Å². The Morgan fingerprint density at radius 2 is 2.20 bits per heavy atom. The van der Waals surface area contributed by atoms with Crippen molar-refractivity contribution in [2.45, 2.75) is 32.2 Å². The second-order valence-corrected chi connectivity index (χ2v) is 6.56. The van der Waals surface area contributed by atoms with E-state index >= 15 is 0 Å². The highest BCUT2D eigenvalue weighted by molar-refractivity contribution is 7.11. The highest BCUT2D eigenvalue weighted by Crippen LogP contribution is 2.40. The van der Waals surface area contributed by atoms with Crippen molar-refractivity contribution < 1.29 is 4.74 Å². The number of aromatic nitrogens is 1. The van der Waals surface area contributed by atoms with Gasteiger partial charge in [-0.3, -0.25) is 0 Å². The molecule has 0 fully saturated rings. The summed E-state index contributed by atoms with van der Waals surface area (Å²) in [4.78, 5) is 6.26. The molecule has 1 N–H and O–H groups in total. The Morgan fingerprint density at radius 1 is 1.40 bits per heavy atom. The van der Waals surface area contributed by atoms with Crippen molar-refractivity contribution in [2.24, 2.45) is 0 Å². The Balaban J connectivity index is 1.97. The van der Waals surface area contributed by atoms with Crippen molar-refractivity contribution in [3.63, 3.8) is 0 Å². The van der Waals surface area contributed by atoms with E-state index < -0.39 is 0 Å². The number of hydrogen-bond acceptors (Lipinski definition) is 4. The smallest absolute Gasteiger partial charge is 0.123 e. The molecule has 0 amide bonds. The second kappa shape index (κ2) is 5.54. The third-order valence-corrected chi connectivity index (χ3v) is 4.81. The molecule has 1 aliphatic rings. The zero-order chi connectivity index (χ0) is 14.1. The summed E-state index contributed by atoms with van der Waals surface area (Å²) in [6.45, 7) is 6.01. The third-order valence-electron chi connectivity index (χ3n) is 3.63. The number of rotatable bonds is 4. The van der Waals surface area contributed by atoms with Crippen molar-refractivity contribution in [3.05, 3.63) is 45.4 Å². The molecule has 20 heavy (non-hydrogen) atoms. The van der Waals surface area contributed by atoms with Crippen molar-refractivity contribution in [1.29, 1.82) is 0 Å². The van der Waals surface area contributed by atoms with E-state index in [4.69, 9.17) is 9.72 Å². The lowest BCUT2D eigenvalue weighted by Gasteiger charge is -2.04. The molecular weight excluding hydrogens is 268 g/mol. The van der Waals surface area contributed by atoms with Crippen LogP contribution in [0, 0.1) is 0 Å². The molecule has 1 aromatic carbocycles. The fourth-order valence-corrected chi connectivity index (χ4v) is 3.97. The maximum atomic E-state index is 5.79. The van der Waals surface area contributed by atoms with Crippen LogP contribution in [-0.4, -0.2) is 18.6 Å². The summed E-state index contributed by atoms with van der Waals surface area (Å²) in [5, 5.41) is 4.43. The molecule has 4 heteroatoms. The Morgan fingerprint density at radius 3 is 2.95 bits per heavy atom. The van der Waals surface area contributed by atoms with E-state index in [1.54, 1.807) is 0 Å². The minimum Gasteiger partial charge on any atom is -0.492 e. The molecule has 3 nitrogen and oxygen atoms in total. The van der Waals surface area contributed by atoms with Gasteiger partial charge < -0.3 is 10.1 Å². The Bertz CT molecular complexity index is 606. The molecule has 1 atom stereocenters. The Labute approximate surface area is 124 Å². The lowest BCUT2D eigenvalue weighted by Crippen LogP contribution is -2.06. The number of nitrogens with one attached hydrogen (secondary N) is 1. The fraction of sp³-hybridized carbons (Fsp3) is 0.438. The minimum absolute atomic E-state index is 0.291. The molecule has 0 spiro atoms. The summed E-state index contributed by atoms with van der Waals surface area (Å²) < 4.78 is 5.79. The number of benzene rings is 1. The van der Waals surface area contributed by atoms with Gasteiger partial charge in [0.05, 0.1) is 11.6 Å². The van der Waals surface area contributed by atoms with E-state index in [1.807, 2.05) is 30.5 Å². The van der Waals surface area contributed by atoms with Crippen LogP contribution in [0.4, 0.5) is 0 Å². The van der Waals surface area contributed by atoms with E-state index in [2.05, 4.69) is 31.3 Å². The standard InChI is InChI=1S/C16H20N2OS/c1-10(2)15-14(8-17-3)20-16(18-15)12-9-19-13-7-5-4-6-11(12)13/h4-7,10,12,17H,8-9H2,1-3H3. The monoisotopic (exact) mass is 288 g/mol. The van der Waals surface area contributed by atoms with Crippen molar-refractivity contribution >= 4 is 11.3 Å². The highest BCUT2D eigenvalue weighted by Gasteiger charge is 2.29.